The van der Waals surface area contributed by atoms with Crippen LogP contribution in [-0.2, 0) is 30.5 Å². The molecule has 0 saturated heterocycles. The Kier molecular flexibility index (Phi) is 10.2. The Labute approximate surface area is 186 Å². The largest absolute Gasteiger partial charge is 0.467 e. The van der Waals surface area contributed by atoms with Gasteiger partial charge in [0, 0.05) is 0 Å². The van der Waals surface area contributed by atoms with Crippen molar-refractivity contribution in [3.8, 4) is 0 Å². The molecule has 1 N–H and O–H groups in total. The van der Waals surface area contributed by atoms with Crippen LogP contribution in [0.15, 0.2) is 60.7 Å². The van der Waals surface area contributed by atoms with Gasteiger partial charge in [-0.25, -0.2) is 14.4 Å². The van der Waals surface area contributed by atoms with Gasteiger partial charge >= 0.3 is 18.0 Å². The van der Waals surface area contributed by atoms with Crippen molar-refractivity contribution in [1.82, 2.24) is 10.4 Å². The molecule has 0 aromatic heterocycles. The van der Waals surface area contributed by atoms with Gasteiger partial charge in [0.05, 0.1) is 19.2 Å². The van der Waals surface area contributed by atoms with Gasteiger partial charge in [0.1, 0.15) is 12.6 Å². The van der Waals surface area contributed by atoms with Crippen LogP contribution in [0.4, 0.5) is 4.79 Å². The Bertz CT molecular complexity index is 874. The van der Waals surface area contributed by atoms with Crippen molar-refractivity contribution in [2.75, 3.05) is 13.7 Å². The van der Waals surface area contributed by atoms with Gasteiger partial charge in [0.15, 0.2) is 0 Å². The number of rotatable bonds is 12. The standard InChI is InChI=1S/C23H26N2O7/c1-30-22(28)20(24-23(29)31-16-18-10-4-2-5-11-18)14-8-9-15-25(17-26)32-21(27)19-12-6-3-7-13-19/h2-7,10-13,17,20H,8-9,14-16H2,1H3,(H,24,29)/t20-/m1/s1. The van der Waals surface area contributed by atoms with Crippen LogP contribution < -0.4 is 5.32 Å². The highest BCUT2D eigenvalue weighted by atomic mass is 16.7. The monoisotopic (exact) mass is 442 g/mol. The van der Waals surface area contributed by atoms with Crippen molar-refractivity contribution in [2.45, 2.75) is 31.9 Å². The van der Waals surface area contributed by atoms with Gasteiger partial charge in [-0.2, -0.15) is 5.06 Å². The Morgan fingerprint density at radius 1 is 1.00 bits per heavy atom. The SMILES string of the molecule is COC(=O)[C@@H](CCCCN(C=O)OC(=O)c1ccccc1)NC(=O)OCc1ccccc1. The van der Waals surface area contributed by atoms with Crippen LogP contribution in [0.2, 0.25) is 0 Å². The molecule has 0 bridgehead atoms. The second kappa shape index (κ2) is 13.4. The van der Waals surface area contributed by atoms with Gasteiger partial charge < -0.3 is 19.6 Å². The molecule has 2 rings (SSSR count). The molecule has 0 unspecified atom stereocenters. The number of carbonyl (C=O) groups is 4. The maximum Gasteiger partial charge on any atom is 0.408 e. The number of methoxy groups -OCH3 is 1. The number of benzene rings is 2. The third kappa shape index (κ3) is 8.47. The van der Waals surface area contributed by atoms with Crippen molar-refractivity contribution in [2.24, 2.45) is 0 Å². The fraction of sp³-hybridized carbons (Fsp3) is 0.304. The smallest absolute Gasteiger partial charge is 0.408 e. The van der Waals surface area contributed by atoms with E-state index in [4.69, 9.17) is 14.3 Å². The number of carbonyl (C=O) groups excluding carboxylic acids is 4. The molecule has 170 valence electrons. The zero-order valence-electron chi connectivity index (χ0n) is 17.8. The minimum atomic E-state index is -0.903. The molecule has 0 heterocycles. The first-order valence-electron chi connectivity index (χ1n) is 10.1. The highest BCUT2D eigenvalue weighted by Gasteiger charge is 2.22. The first-order valence-corrected chi connectivity index (χ1v) is 10.1. The van der Waals surface area contributed by atoms with E-state index in [1.54, 1.807) is 30.3 Å². The van der Waals surface area contributed by atoms with Crippen molar-refractivity contribution in [3.05, 3.63) is 71.8 Å². The number of ether oxygens (including phenoxy) is 2. The van der Waals surface area contributed by atoms with Crippen LogP contribution in [0, 0.1) is 0 Å². The molecule has 0 fully saturated rings. The first-order chi connectivity index (χ1) is 15.5. The van der Waals surface area contributed by atoms with Gasteiger partial charge in [0.2, 0.25) is 6.41 Å². The maximum atomic E-state index is 12.0. The van der Waals surface area contributed by atoms with Crippen LogP contribution >= 0.6 is 0 Å². The van der Waals surface area contributed by atoms with E-state index in [0.717, 1.165) is 10.6 Å². The summed E-state index contributed by atoms with van der Waals surface area (Å²) in [5.41, 5.74) is 1.14. The van der Waals surface area contributed by atoms with Crippen molar-refractivity contribution in [1.29, 1.82) is 0 Å². The fourth-order valence-corrected chi connectivity index (χ4v) is 2.77. The lowest BCUT2D eigenvalue weighted by Crippen LogP contribution is -2.41. The quantitative estimate of drug-likeness (QED) is 0.233. The Hall–Kier alpha value is -3.88. The molecule has 2 amide bonds. The van der Waals surface area contributed by atoms with Crippen LogP contribution in [0.5, 0.6) is 0 Å². The lowest BCUT2D eigenvalue weighted by atomic mass is 10.1. The second-order valence-electron chi connectivity index (χ2n) is 6.77. The molecule has 0 radical (unpaired) electrons. The van der Waals surface area contributed by atoms with Crippen LogP contribution in [0.25, 0.3) is 0 Å². The van der Waals surface area contributed by atoms with Gasteiger partial charge in [-0.15, -0.1) is 0 Å². The second-order valence-corrected chi connectivity index (χ2v) is 6.77. The van der Waals surface area contributed by atoms with Crippen LogP contribution in [0.3, 0.4) is 0 Å². The normalized spacial score (nSPS) is 11.0. The summed E-state index contributed by atoms with van der Waals surface area (Å²) in [6, 6.07) is 16.5. The molecule has 2 aromatic carbocycles. The number of amides is 2. The van der Waals surface area contributed by atoms with E-state index >= 15 is 0 Å². The number of nitrogens with zero attached hydrogens (tertiary/aromatic N) is 1. The molecule has 1 atom stereocenters. The van der Waals surface area contributed by atoms with E-state index in [2.05, 4.69) is 5.32 Å². The highest BCUT2D eigenvalue weighted by Crippen LogP contribution is 2.08. The van der Waals surface area contributed by atoms with E-state index in [-0.39, 0.29) is 19.6 Å². The summed E-state index contributed by atoms with van der Waals surface area (Å²) in [4.78, 5) is 52.3. The summed E-state index contributed by atoms with van der Waals surface area (Å²) in [7, 11) is 1.23. The van der Waals surface area contributed by atoms with Crippen molar-refractivity contribution < 1.29 is 33.5 Å². The molecular weight excluding hydrogens is 416 g/mol. The number of esters is 1. The van der Waals surface area contributed by atoms with Crippen LogP contribution in [0.1, 0.15) is 35.2 Å². The molecule has 0 aliphatic rings. The van der Waals surface area contributed by atoms with E-state index in [0.29, 0.717) is 24.8 Å². The topological polar surface area (TPSA) is 111 Å². The molecule has 32 heavy (non-hydrogen) atoms. The average molecular weight is 442 g/mol. The fourth-order valence-electron chi connectivity index (χ4n) is 2.77. The molecule has 2 aromatic rings. The summed E-state index contributed by atoms with van der Waals surface area (Å²) in [5, 5.41) is 3.38. The van der Waals surface area contributed by atoms with Crippen LogP contribution in [-0.4, -0.2) is 49.2 Å². The summed E-state index contributed by atoms with van der Waals surface area (Å²) >= 11 is 0. The van der Waals surface area contributed by atoms with E-state index in [9.17, 15) is 19.2 Å². The van der Waals surface area contributed by atoms with Crippen molar-refractivity contribution in [3.63, 3.8) is 0 Å². The lowest BCUT2D eigenvalue weighted by Gasteiger charge is -2.18. The number of hydrogen-bond acceptors (Lipinski definition) is 7. The molecule has 0 aliphatic carbocycles. The molecule has 0 aliphatic heterocycles. The Balaban J connectivity index is 1.76. The Morgan fingerprint density at radius 3 is 2.28 bits per heavy atom. The summed E-state index contributed by atoms with van der Waals surface area (Å²) < 4.78 is 9.86. The van der Waals surface area contributed by atoms with Crippen molar-refractivity contribution >= 4 is 24.4 Å². The number of alkyl carbamates (subject to hydrolysis) is 1. The lowest BCUT2D eigenvalue weighted by molar-refractivity contribution is -0.152. The van der Waals surface area contributed by atoms with Gasteiger partial charge in [-0.1, -0.05) is 48.5 Å². The van der Waals surface area contributed by atoms with E-state index in [1.165, 1.54) is 7.11 Å². The number of unbranched alkanes of at least 4 members (excludes halogenated alkanes) is 1. The highest BCUT2D eigenvalue weighted by molar-refractivity contribution is 5.89. The molecule has 9 nitrogen and oxygen atoms in total. The minimum Gasteiger partial charge on any atom is -0.467 e. The predicted octanol–water partition coefficient (Wildman–Crippen LogP) is 2.86. The third-order valence-electron chi connectivity index (χ3n) is 4.44. The predicted molar refractivity (Wildman–Crippen MR) is 114 cm³/mol. The molecular formula is C23H26N2O7. The van der Waals surface area contributed by atoms with E-state index in [1.807, 2.05) is 30.3 Å². The number of hydrogen-bond donors (Lipinski definition) is 1. The summed E-state index contributed by atoms with van der Waals surface area (Å²) in [5.74, 6) is -1.25. The summed E-state index contributed by atoms with van der Waals surface area (Å²) in [6.07, 6.45) is 0.807. The number of nitrogens with one attached hydrogen (secondary N) is 1. The summed E-state index contributed by atoms with van der Waals surface area (Å²) in [6.45, 7) is 0.204. The van der Waals surface area contributed by atoms with Gasteiger partial charge in [0.25, 0.3) is 0 Å². The molecule has 0 spiro atoms. The first kappa shape index (κ1) is 24.4. The maximum absolute atomic E-state index is 12.0. The van der Waals surface area contributed by atoms with Gasteiger partial charge in [-0.3, -0.25) is 4.79 Å². The number of hydroxylamine groups is 2. The molecule has 9 heteroatoms. The third-order valence-corrected chi connectivity index (χ3v) is 4.44. The minimum absolute atomic E-state index is 0.0711. The zero-order valence-corrected chi connectivity index (χ0v) is 17.8. The molecule has 0 saturated carbocycles. The zero-order chi connectivity index (χ0) is 23.2. The Morgan fingerprint density at radius 2 is 1.66 bits per heavy atom. The van der Waals surface area contributed by atoms with E-state index < -0.39 is 24.1 Å². The average Bonchev–Trinajstić information content (AvgIpc) is 2.84. The van der Waals surface area contributed by atoms with Gasteiger partial charge in [-0.05, 0) is 37.0 Å².